The molecule has 2 heterocycles. The number of tetrazole rings is 1. The number of nitrogens with two attached hydrogens (primary N) is 1. The maximum atomic E-state index is 13.4. The molecule has 4 rings (SSSR count). The third-order valence-electron chi connectivity index (χ3n) is 6.61. The molecule has 0 saturated heterocycles. The number of carbonyl (C=O) groups excluding carboxylic acids is 4. The summed E-state index contributed by atoms with van der Waals surface area (Å²) >= 11 is 0. The number of benzene rings is 2. The molecule has 1 aromatic heterocycles. The highest BCUT2D eigenvalue weighted by Gasteiger charge is 2.38. The molecule has 2 aromatic carbocycles. The highest BCUT2D eigenvalue weighted by Crippen LogP contribution is 2.32. The van der Waals surface area contributed by atoms with Crippen LogP contribution in [0.15, 0.2) is 48.5 Å². The van der Waals surface area contributed by atoms with Crippen LogP contribution in [0.4, 0.5) is 16.2 Å². The Morgan fingerprint density at radius 1 is 1.15 bits per heavy atom. The van der Waals surface area contributed by atoms with E-state index in [4.69, 9.17) is 10.5 Å². The lowest BCUT2D eigenvalue weighted by Crippen LogP contribution is -2.54. The van der Waals surface area contributed by atoms with E-state index in [0.717, 1.165) is 5.56 Å². The summed E-state index contributed by atoms with van der Waals surface area (Å²) in [7, 11) is 0. The summed E-state index contributed by atoms with van der Waals surface area (Å²) in [6.45, 7) is 3.32. The second-order valence-corrected chi connectivity index (χ2v) is 9.35. The first-order valence-corrected chi connectivity index (χ1v) is 12.8. The number of nitrogen functional groups attached to an aromatic ring is 1. The number of hydrogen-bond donors (Lipinski definition) is 5. The van der Waals surface area contributed by atoms with Crippen molar-refractivity contribution in [1.82, 2.24) is 36.6 Å². The van der Waals surface area contributed by atoms with E-state index in [0.29, 0.717) is 30.0 Å². The van der Waals surface area contributed by atoms with Crippen LogP contribution in [0.2, 0.25) is 0 Å². The van der Waals surface area contributed by atoms with Crippen LogP contribution in [0.1, 0.15) is 31.7 Å². The van der Waals surface area contributed by atoms with Gasteiger partial charge < -0.3 is 26.4 Å². The molecule has 0 aliphatic carbocycles. The number of carbonyl (C=O) groups is 4. The third-order valence-corrected chi connectivity index (χ3v) is 6.61. The molecule has 0 spiro atoms. The number of aromatic nitrogens is 4. The number of nitrogens with one attached hydrogen (secondary N) is 4. The molecule has 1 unspecified atom stereocenters. The van der Waals surface area contributed by atoms with Gasteiger partial charge in [0.1, 0.15) is 17.8 Å². The number of nitrogens with zero attached hydrogens (tertiary/aromatic N) is 4. The van der Waals surface area contributed by atoms with Crippen LogP contribution in [0.5, 0.6) is 5.75 Å². The Hall–Kier alpha value is -5.01. The Labute approximate surface area is 230 Å². The van der Waals surface area contributed by atoms with E-state index in [-0.39, 0.29) is 24.8 Å². The summed E-state index contributed by atoms with van der Waals surface area (Å²) in [5.41, 5.74) is 7.56. The third kappa shape index (κ3) is 6.70. The summed E-state index contributed by atoms with van der Waals surface area (Å²) < 4.78 is 5.26. The number of rotatable bonds is 10. The van der Waals surface area contributed by atoms with Crippen LogP contribution < -0.4 is 31.3 Å². The molecular formula is C26H31N9O5. The fourth-order valence-electron chi connectivity index (χ4n) is 4.35. The van der Waals surface area contributed by atoms with E-state index < -0.39 is 35.9 Å². The van der Waals surface area contributed by atoms with Gasteiger partial charge in [-0.1, -0.05) is 49.7 Å². The maximum absolute atomic E-state index is 13.4. The van der Waals surface area contributed by atoms with Gasteiger partial charge in [0.2, 0.25) is 17.7 Å². The van der Waals surface area contributed by atoms with Crippen LogP contribution >= 0.6 is 0 Å². The number of hydrogen-bond acceptors (Lipinski definition) is 9. The lowest BCUT2D eigenvalue weighted by atomic mass is 9.98. The minimum atomic E-state index is -0.966. The molecule has 4 amide bonds. The van der Waals surface area contributed by atoms with Crippen molar-refractivity contribution in [2.75, 3.05) is 17.2 Å². The fraction of sp³-hybridized carbons (Fsp3) is 0.346. The van der Waals surface area contributed by atoms with Crippen molar-refractivity contribution in [2.45, 2.75) is 45.3 Å². The minimum absolute atomic E-state index is 0.0366. The van der Waals surface area contributed by atoms with E-state index in [1.165, 1.54) is 11.0 Å². The predicted molar refractivity (Wildman–Crippen MR) is 144 cm³/mol. The van der Waals surface area contributed by atoms with Gasteiger partial charge in [-0.2, -0.15) is 5.21 Å². The molecule has 3 aromatic rings. The van der Waals surface area contributed by atoms with E-state index in [2.05, 4.69) is 36.6 Å². The van der Waals surface area contributed by atoms with Crippen LogP contribution in [-0.2, 0) is 27.3 Å². The zero-order valence-corrected chi connectivity index (χ0v) is 22.1. The molecular weight excluding hydrogens is 518 g/mol. The largest absolute Gasteiger partial charge is 0.413 e. The molecule has 40 heavy (non-hydrogen) atoms. The number of anilines is 2. The van der Waals surface area contributed by atoms with Gasteiger partial charge in [0.15, 0.2) is 5.82 Å². The molecule has 1 aliphatic heterocycles. The predicted octanol–water partition coefficient (Wildman–Crippen LogP) is 0.676. The number of amides is 4. The fourth-order valence-corrected chi connectivity index (χ4v) is 4.35. The Morgan fingerprint density at radius 2 is 1.95 bits per heavy atom. The number of aromatic amines is 1. The number of H-pyrrole nitrogens is 1. The summed E-state index contributed by atoms with van der Waals surface area (Å²) in [5.74, 6) is -1.18. The first-order chi connectivity index (χ1) is 19.3. The van der Waals surface area contributed by atoms with Crippen LogP contribution in [-0.4, -0.2) is 63.1 Å². The average Bonchev–Trinajstić information content (AvgIpc) is 3.61. The summed E-state index contributed by atoms with van der Waals surface area (Å²) in [6, 6.07) is 11.7. The molecule has 0 fully saturated rings. The molecule has 210 valence electrons. The zero-order valence-electron chi connectivity index (χ0n) is 22.1. The van der Waals surface area contributed by atoms with Crippen LogP contribution in [0.3, 0.4) is 0 Å². The van der Waals surface area contributed by atoms with E-state index in [1.807, 2.05) is 19.1 Å². The van der Waals surface area contributed by atoms with Gasteiger partial charge in [-0.15, -0.1) is 10.2 Å². The molecule has 14 heteroatoms. The lowest BCUT2D eigenvalue weighted by Gasteiger charge is -2.26. The smallest absolute Gasteiger partial charge is 0.410 e. The Bertz CT molecular complexity index is 1360. The van der Waals surface area contributed by atoms with Crippen LogP contribution in [0, 0.1) is 5.92 Å². The molecule has 1 aliphatic rings. The Morgan fingerprint density at radius 3 is 2.67 bits per heavy atom. The van der Waals surface area contributed by atoms with Crippen molar-refractivity contribution in [3.8, 4) is 5.75 Å². The van der Waals surface area contributed by atoms with Gasteiger partial charge in [0.25, 0.3) is 0 Å². The summed E-state index contributed by atoms with van der Waals surface area (Å²) in [5, 5.41) is 21.3. The van der Waals surface area contributed by atoms with Crippen molar-refractivity contribution in [3.05, 3.63) is 59.9 Å². The quantitative estimate of drug-likeness (QED) is 0.226. The molecule has 6 N–H and O–H groups in total. The monoisotopic (exact) mass is 549 g/mol. The highest BCUT2D eigenvalue weighted by molar-refractivity contribution is 6.05. The number of ether oxygens (including phenoxy) is 1. The lowest BCUT2D eigenvalue weighted by molar-refractivity contribution is -0.128. The van der Waals surface area contributed by atoms with Crippen molar-refractivity contribution in [3.63, 3.8) is 0 Å². The summed E-state index contributed by atoms with van der Waals surface area (Å²) in [6.07, 6.45) is 0.0530. The van der Waals surface area contributed by atoms with Gasteiger partial charge in [-0.05, 0) is 29.7 Å². The average molecular weight is 550 g/mol. The topological polar surface area (TPSA) is 197 Å². The van der Waals surface area contributed by atoms with Crippen LogP contribution in [0.25, 0.3) is 0 Å². The highest BCUT2D eigenvalue weighted by atomic mass is 16.6. The molecule has 0 saturated carbocycles. The van der Waals surface area contributed by atoms with Gasteiger partial charge in [-0.3, -0.25) is 19.3 Å². The zero-order chi connectivity index (χ0) is 28.6. The normalized spacial score (nSPS) is 15.4. The van der Waals surface area contributed by atoms with Gasteiger partial charge in [0.05, 0.1) is 13.1 Å². The SMILES string of the molecule is CC[C@H](C)C(NC(=O)Oc1cccc(N)c1)C(=O)NCC(=O)N1c2ccccc2C[C@H]1C(=O)NCc1nn[nH]n1. The van der Waals surface area contributed by atoms with E-state index in [1.54, 1.807) is 37.3 Å². The van der Waals surface area contributed by atoms with Crippen molar-refractivity contribution in [2.24, 2.45) is 5.92 Å². The van der Waals surface area contributed by atoms with E-state index >= 15 is 0 Å². The first kappa shape index (κ1) is 28.0. The maximum Gasteiger partial charge on any atom is 0.413 e. The molecule has 0 radical (unpaired) electrons. The molecule has 14 nitrogen and oxygen atoms in total. The second kappa shape index (κ2) is 12.7. The Balaban J connectivity index is 1.41. The van der Waals surface area contributed by atoms with Crippen molar-refractivity contribution in [1.29, 1.82) is 0 Å². The minimum Gasteiger partial charge on any atom is -0.410 e. The van der Waals surface area contributed by atoms with Gasteiger partial charge in [-0.25, -0.2) is 4.79 Å². The van der Waals surface area contributed by atoms with Crippen molar-refractivity contribution >= 4 is 35.2 Å². The van der Waals surface area contributed by atoms with Gasteiger partial charge in [0, 0.05) is 23.9 Å². The second-order valence-electron chi connectivity index (χ2n) is 9.35. The standard InChI is InChI=1S/C26H31N9O5/c1-3-15(2)23(30-26(39)40-18-9-6-8-17(27)12-18)25(38)29-14-22(36)35-19-10-5-4-7-16(19)11-20(35)24(37)28-13-21-31-33-34-32-21/h4-10,12,15,20,23H,3,11,13-14,27H2,1-2H3,(H,28,37)(H,29,38)(H,30,39)(H,31,32,33,34)/t15-,20-,23?/m0/s1. The number of fused-ring (bicyclic) bond motifs is 1. The van der Waals surface area contributed by atoms with E-state index in [9.17, 15) is 19.2 Å². The first-order valence-electron chi connectivity index (χ1n) is 12.8. The number of para-hydroxylation sites is 1. The molecule has 0 bridgehead atoms. The molecule has 3 atom stereocenters. The Kier molecular flexibility index (Phi) is 8.89. The summed E-state index contributed by atoms with van der Waals surface area (Å²) in [4.78, 5) is 53.4. The van der Waals surface area contributed by atoms with Gasteiger partial charge >= 0.3 is 6.09 Å². The van der Waals surface area contributed by atoms with Crippen molar-refractivity contribution < 1.29 is 23.9 Å².